The van der Waals surface area contributed by atoms with Crippen LogP contribution >= 0.6 is 15.9 Å². The zero-order chi connectivity index (χ0) is 18.4. The molecule has 0 aliphatic carbocycles. The predicted molar refractivity (Wildman–Crippen MR) is 104 cm³/mol. The zero-order valence-electron chi connectivity index (χ0n) is 15.3. The Hall–Kier alpha value is -1.50. The summed E-state index contributed by atoms with van der Waals surface area (Å²) in [5.41, 5.74) is 4.03. The van der Waals surface area contributed by atoms with Gasteiger partial charge in [0.05, 0.1) is 31.2 Å². The van der Waals surface area contributed by atoms with Gasteiger partial charge in [-0.15, -0.1) is 0 Å². The molecule has 0 unspecified atom stereocenters. The molecule has 0 spiro atoms. The molecule has 2 aromatic rings. The first kappa shape index (κ1) is 19.8. The monoisotopic (exact) mass is 407 g/mol. The zero-order valence-corrected chi connectivity index (χ0v) is 16.9. The predicted octanol–water partition coefficient (Wildman–Crippen LogP) is 4.34. The number of aromatic nitrogens is 2. The smallest absolute Gasteiger partial charge is 0.230 e. The highest BCUT2D eigenvalue weighted by atomic mass is 79.9. The van der Waals surface area contributed by atoms with Crippen LogP contribution in [0.1, 0.15) is 43.6 Å². The molecule has 0 saturated heterocycles. The van der Waals surface area contributed by atoms with Crippen molar-refractivity contribution in [2.24, 2.45) is 0 Å². The average Bonchev–Trinajstić information content (AvgIpc) is 2.56. The lowest BCUT2D eigenvalue weighted by atomic mass is 10.0. The molecule has 2 rings (SSSR count). The highest BCUT2D eigenvalue weighted by Gasteiger charge is 2.16. The summed E-state index contributed by atoms with van der Waals surface area (Å²) in [5, 5.41) is 8.85. The summed E-state index contributed by atoms with van der Waals surface area (Å²) in [7, 11) is 0. The molecule has 1 aromatic heterocycles. The van der Waals surface area contributed by atoms with Crippen LogP contribution in [-0.2, 0) is 11.3 Å². The number of aliphatic hydroxyl groups is 1. The SMILES string of the molecule is CCN(c1nc(C)cc(COCCO)n1)c1ccc(C(C)C)cc1Br. The molecule has 1 heterocycles. The number of anilines is 2. The average molecular weight is 408 g/mol. The molecule has 0 bridgehead atoms. The standard InChI is InChI=1S/C19H26BrN3O2/c1-5-23(18-7-6-15(13(2)3)11-17(18)20)19-21-14(4)10-16(22-19)12-25-9-8-24/h6-7,10-11,13,24H,5,8-9,12H2,1-4H3. The lowest BCUT2D eigenvalue weighted by molar-refractivity contribution is 0.0796. The first-order chi connectivity index (χ1) is 12.0. The molecule has 1 N–H and O–H groups in total. The van der Waals surface area contributed by atoms with E-state index in [0.29, 0.717) is 25.1 Å². The van der Waals surface area contributed by atoms with Crippen LogP contribution in [0.2, 0.25) is 0 Å². The quantitative estimate of drug-likeness (QED) is 0.659. The number of aliphatic hydroxyl groups excluding tert-OH is 1. The van der Waals surface area contributed by atoms with Crippen molar-refractivity contribution in [1.29, 1.82) is 0 Å². The van der Waals surface area contributed by atoms with Crippen molar-refractivity contribution in [3.8, 4) is 0 Å². The van der Waals surface area contributed by atoms with E-state index in [-0.39, 0.29) is 6.61 Å². The molecular formula is C19H26BrN3O2. The van der Waals surface area contributed by atoms with Crippen molar-refractivity contribution in [1.82, 2.24) is 9.97 Å². The van der Waals surface area contributed by atoms with Crippen molar-refractivity contribution in [2.75, 3.05) is 24.7 Å². The van der Waals surface area contributed by atoms with Crippen LogP contribution in [-0.4, -0.2) is 34.8 Å². The van der Waals surface area contributed by atoms with E-state index in [1.165, 1.54) is 5.56 Å². The second kappa shape index (κ2) is 9.27. The minimum Gasteiger partial charge on any atom is -0.394 e. The van der Waals surface area contributed by atoms with Crippen LogP contribution in [0.3, 0.4) is 0 Å². The number of nitrogens with zero attached hydrogens (tertiary/aromatic N) is 3. The van der Waals surface area contributed by atoms with Gasteiger partial charge in [0, 0.05) is 16.7 Å². The second-order valence-electron chi connectivity index (χ2n) is 6.19. The Kier molecular flexibility index (Phi) is 7.35. The highest BCUT2D eigenvalue weighted by Crippen LogP contribution is 2.33. The topological polar surface area (TPSA) is 58.5 Å². The summed E-state index contributed by atoms with van der Waals surface area (Å²) >= 11 is 3.69. The van der Waals surface area contributed by atoms with Crippen molar-refractivity contribution in [3.05, 3.63) is 45.7 Å². The molecule has 0 aliphatic rings. The molecule has 0 atom stereocenters. The molecule has 5 nitrogen and oxygen atoms in total. The van der Waals surface area contributed by atoms with Gasteiger partial charge in [-0.25, -0.2) is 9.97 Å². The summed E-state index contributed by atoms with van der Waals surface area (Å²) in [6.45, 7) is 9.82. The number of ether oxygens (including phenoxy) is 1. The van der Waals surface area contributed by atoms with Crippen LogP contribution in [0.15, 0.2) is 28.7 Å². The third-order valence-corrected chi connectivity index (χ3v) is 4.50. The van der Waals surface area contributed by atoms with E-state index in [9.17, 15) is 0 Å². The Bertz CT molecular complexity index is 707. The maximum absolute atomic E-state index is 8.85. The minimum atomic E-state index is 0.00710. The number of hydrogen-bond acceptors (Lipinski definition) is 5. The van der Waals surface area contributed by atoms with E-state index in [2.05, 4.69) is 69.8 Å². The molecule has 0 radical (unpaired) electrons. The van der Waals surface area contributed by atoms with Gasteiger partial charge >= 0.3 is 0 Å². The number of halogens is 1. The lowest BCUT2D eigenvalue weighted by Crippen LogP contribution is -2.20. The number of hydrogen-bond donors (Lipinski definition) is 1. The van der Waals surface area contributed by atoms with Gasteiger partial charge in [-0.1, -0.05) is 19.9 Å². The first-order valence-corrected chi connectivity index (χ1v) is 9.35. The summed E-state index contributed by atoms with van der Waals surface area (Å²) in [5.74, 6) is 1.13. The fourth-order valence-electron chi connectivity index (χ4n) is 2.57. The van der Waals surface area contributed by atoms with Crippen molar-refractivity contribution >= 4 is 27.6 Å². The molecule has 1 aromatic carbocycles. The molecular weight excluding hydrogens is 382 g/mol. The molecule has 0 fully saturated rings. The summed E-state index contributed by atoms with van der Waals surface area (Å²) in [4.78, 5) is 11.3. The van der Waals surface area contributed by atoms with Gasteiger partial charge in [-0.2, -0.15) is 0 Å². The molecule has 0 amide bonds. The Morgan fingerprint density at radius 1 is 1.24 bits per heavy atom. The normalized spacial score (nSPS) is 11.2. The van der Waals surface area contributed by atoms with Crippen LogP contribution in [0.5, 0.6) is 0 Å². The second-order valence-corrected chi connectivity index (χ2v) is 7.04. The van der Waals surface area contributed by atoms with E-state index in [4.69, 9.17) is 9.84 Å². The van der Waals surface area contributed by atoms with Crippen LogP contribution in [0, 0.1) is 6.92 Å². The van der Waals surface area contributed by atoms with Crippen molar-refractivity contribution < 1.29 is 9.84 Å². The van der Waals surface area contributed by atoms with Gasteiger partial charge in [0.15, 0.2) is 0 Å². The fourth-order valence-corrected chi connectivity index (χ4v) is 3.18. The molecule has 25 heavy (non-hydrogen) atoms. The van der Waals surface area contributed by atoms with Gasteiger partial charge < -0.3 is 14.7 Å². The Morgan fingerprint density at radius 3 is 2.60 bits per heavy atom. The van der Waals surface area contributed by atoms with E-state index < -0.39 is 0 Å². The third-order valence-electron chi connectivity index (χ3n) is 3.87. The maximum Gasteiger partial charge on any atom is 0.230 e. The third kappa shape index (κ3) is 5.23. The highest BCUT2D eigenvalue weighted by molar-refractivity contribution is 9.10. The van der Waals surface area contributed by atoms with Gasteiger partial charge in [0.25, 0.3) is 0 Å². The lowest BCUT2D eigenvalue weighted by Gasteiger charge is -2.24. The van der Waals surface area contributed by atoms with Gasteiger partial charge in [-0.05, 0) is 59.5 Å². The van der Waals surface area contributed by atoms with E-state index in [0.717, 1.165) is 28.1 Å². The molecule has 0 aliphatic heterocycles. The Balaban J connectivity index is 2.34. The van der Waals surface area contributed by atoms with Crippen molar-refractivity contribution in [2.45, 2.75) is 40.2 Å². The van der Waals surface area contributed by atoms with E-state index in [1.807, 2.05) is 13.0 Å². The Morgan fingerprint density at radius 2 is 2.00 bits per heavy atom. The number of rotatable bonds is 8. The van der Waals surface area contributed by atoms with Crippen molar-refractivity contribution in [3.63, 3.8) is 0 Å². The van der Waals surface area contributed by atoms with Gasteiger partial charge in [0.1, 0.15) is 0 Å². The van der Waals surface area contributed by atoms with E-state index in [1.54, 1.807) is 0 Å². The summed E-state index contributed by atoms with van der Waals surface area (Å²) in [6.07, 6.45) is 0. The molecule has 0 saturated carbocycles. The summed E-state index contributed by atoms with van der Waals surface area (Å²) < 4.78 is 6.43. The Labute approximate surface area is 158 Å². The van der Waals surface area contributed by atoms with Gasteiger partial charge in [-0.3, -0.25) is 0 Å². The maximum atomic E-state index is 8.85. The molecule has 6 heteroatoms. The molecule has 136 valence electrons. The summed E-state index contributed by atoms with van der Waals surface area (Å²) in [6, 6.07) is 8.32. The first-order valence-electron chi connectivity index (χ1n) is 8.56. The fraction of sp³-hybridized carbons (Fsp3) is 0.474. The van der Waals surface area contributed by atoms with E-state index >= 15 is 0 Å². The van der Waals surface area contributed by atoms with Crippen LogP contribution < -0.4 is 4.90 Å². The number of aryl methyl sites for hydroxylation is 1. The minimum absolute atomic E-state index is 0.00710. The number of benzene rings is 1. The largest absolute Gasteiger partial charge is 0.394 e. The van der Waals surface area contributed by atoms with Gasteiger partial charge in [0.2, 0.25) is 5.95 Å². The van der Waals surface area contributed by atoms with Crippen LogP contribution in [0.4, 0.5) is 11.6 Å². The van der Waals surface area contributed by atoms with Crippen LogP contribution in [0.25, 0.3) is 0 Å².